The number of nitrogens with one attached hydrogen (secondary N) is 1. The molecule has 0 spiro atoms. The number of imidazole rings is 1. The van der Waals surface area contributed by atoms with Crippen LogP contribution in [-0.2, 0) is 4.79 Å². The molecule has 1 aliphatic heterocycles. The molecular weight excluding hydrogens is 532 g/mol. The number of aliphatic hydroxyl groups is 2. The van der Waals surface area contributed by atoms with E-state index < -0.39 is 36.0 Å². The average Bonchev–Trinajstić information content (AvgIpc) is 3.71. The van der Waals surface area contributed by atoms with Crippen molar-refractivity contribution in [2.75, 3.05) is 29.9 Å². The Labute approximate surface area is 244 Å². The van der Waals surface area contributed by atoms with Crippen LogP contribution < -0.4 is 21.7 Å². The molecule has 4 aromatic rings. The van der Waals surface area contributed by atoms with Crippen molar-refractivity contribution >= 4 is 28.8 Å². The molecule has 3 heterocycles. The van der Waals surface area contributed by atoms with Crippen LogP contribution >= 0.6 is 0 Å². The minimum absolute atomic E-state index is 0.0361. The number of hydrogen-bond donors (Lipinski definition) is 5. The Balaban J connectivity index is 1.38. The van der Waals surface area contributed by atoms with E-state index in [-0.39, 0.29) is 12.0 Å². The number of benzene rings is 2. The highest BCUT2D eigenvalue weighted by Gasteiger charge is 2.46. The molecule has 1 amide bonds. The lowest BCUT2D eigenvalue weighted by Gasteiger charge is -2.22. The summed E-state index contributed by atoms with van der Waals surface area (Å²) >= 11 is 0. The molecule has 6 atom stereocenters. The maximum Gasteiger partial charge on any atom is 0.229 e. The summed E-state index contributed by atoms with van der Waals surface area (Å²) in [6, 6.07) is 20.2. The molecule has 2 fully saturated rings. The number of aliphatic hydroxyl groups excluding tert-OH is 2. The van der Waals surface area contributed by atoms with E-state index in [1.54, 1.807) is 17.8 Å². The Morgan fingerprint density at radius 2 is 1.71 bits per heavy atom. The van der Waals surface area contributed by atoms with Crippen LogP contribution in [0, 0.1) is 11.8 Å². The number of fused-ring (bicyclic) bond motifs is 1. The van der Waals surface area contributed by atoms with Gasteiger partial charge in [-0.3, -0.25) is 4.79 Å². The monoisotopic (exact) mass is 570 g/mol. The standard InChI is InChI=1S/C31H38N8O3/c1-18(28(33)42)22-14-24(27(41)26(22)40)39-17-35-25-29(36-31(37-30(25)39)38-13-12-21(32)16-38)34-15-23(19-8-4-2-5-9-19)20-10-6-3-7-11-20/h2-11,17-18,21-24,26-27,40-41H,12-16,32H2,1H3,(H2,33,42)(H,34,36,37)/t18?,21-,22+,24-,26-,27+/m1/s1. The van der Waals surface area contributed by atoms with Crippen LogP contribution in [0.1, 0.15) is 42.9 Å². The van der Waals surface area contributed by atoms with Crippen molar-refractivity contribution in [3.63, 3.8) is 0 Å². The third-order valence-electron chi connectivity index (χ3n) is 8.94. The summed E-state index contributed by atoms with van der Waals surface area (Å²) < 4.78 is 1.80. The second kappa shape index (κ2) is 11.7. The predicted molar refractivity (Wildman–Crippen MR) is 161 cm³/mol. The molecule has 2 aromatic carbocycles. The summed E-state index contributed by atoms with van der Waals surface area (Å²) in [6.07, 6.45) is 0.632. The van der Waals surface area contributed by atoms with Gasteiger partial charge in [0.2, 0.25) is 11.9 Å². The van der Waals surface area contributed by atoms with Crippen molar-refractivity contribution in [2.45, 2.75) is 50.0 Å². The van der Waals surface area contributed by atoms with E-state index in [1.807, 2.05) is 36.4 Å². The van der Waals surface area contributed by atoms with Gasteiger partial charge in [0.25, 0.3) is 0 Å². The Morgan fingerprint density at radius 3 is 2.31 bits per heavy atom. The summed E-state index contributed by atoms with van der Waals surface area (Å²) in [6.45, 7) is 3.62. The van der Waals surface area contributed by atoms with E-state index in [9.17, 15) is 15.0 Å². The Kier molecular flexibility index (Phi) is 7.80. The maximum absolute atomic E-state index is 11.9. The second-order valence-corrected chi connectivity index (χ2v) is 11.6. The molecule has 2 aromatic heterocycles. The van der Waals surface area contributed by atoms with Crippen LogP contribution in [0.2, 0.25) is 0 Å². The molecule has 11 nitrogen and oxygen atoms in total. The summed E-state index contributed by atoms with van der Waals surface area (Å²) in [5.74, 6) is -0.392. The number of aromatic nitrogens is 4. The first-order valence-corrected chi connectivity index (χ1v) is 14.6. The van der Waals surface area contributed by atoms with Crippen LogP contribution in [0.15, 0.2) is 67.0 Å². The zero-order valence-electron chi connectivity index (χ0n) is 23.6. The van der Waals surface area contributed by atoms with E-state index in [1.165, 1.54) is 11.1 Å². The van der Waals surface area contributed by atoms with Crippen molar-refractivity contribution in [2.24, 2.45) is 23.3 Å². The van der Waals surface area contributed by atoms with E-state index in [4.69, 9.17) is 21.4 Å². The first-order valence-electron chi connectivity index (χ1n) is 14.6. The quantitative estimate of drug-likeness (QED) is 0.202. The highest BCUT2D eigenvalue weighted by atomic mass is 16.3. The van der Waals surface area contributed by atoms with Gasteiger partial charge in [0.15, 0.2) is 17.0 Å². The Morgan fingerprint density at radius 1 is 1.05 bits per heavy atom. The van der Waals surface area contributed by atoms with Crippen LogP contribution in [0.3, 0.4) is 0 Å². The van der Waals surface area contributed by atoms with Gasteiger partial charge in [-0.2, -0.15) is 9.97 Å². The predicted octanol–water partition coefficient (Wildman–Crippen LogP) is 2.01. The molecule has 1 unspecified atom stereocenters. The van der Waals surface area contributed by atoms with Crippen LogP contribution in [-0.4, -0.2) is 73.5 Å². The Bertz CT molecular complexity index is 1490. The van der Waals surface area contributed by atoms with E-state index in [0.29, 0.717) is 42.4 Å². The maximum atomic E-state index is 11.9. The third kappa shape index (κ3) is 5.31. The van der Waals surface area contributed by atoms with Crippen molar-refractivity contribution in [3.8, 4) is 0 Å². The lowest BCUT2D eigenvalue weighted by molar-refractivity contribution is -0.124. The van der Waals surface area contributed by atoms with E-state index >= 15 is 0 Å². The third-order valence-corrected chi connectivity index (χ3v) is 8.94. The number of nitrogens with two attached hydrogens (primary N) is 2. The first kappa shape index (κ1) is 28.1. The Hall–Kier alpha value is -4.06. The molecule has 11 heteroatoms. The SMILES string of the molecule is CC(C(N)=O)[C@@H]1C[C@@H](n2cnc3c(NCC(c4ccccc4)c4ccccc4)nc(N4CC[C@@H](N)C4)nc32)[C@H](O)[C@@H]1O. The number of anilines is 2. The number of carbonyl (C=O) groups is 1. The van der Waals surface area contributed by atoms with Gasteiger partial charge < -0.3 is 36.5 Å². The highest BCUT2D eigenvalue weighted by Crippen LogP contribution is 2.41. The molecule has 0 bridgehead atoms. The van der Waals surface area contributed by atoms with Gasteiger partial charge in [0, 0.05) is 43.4 Å². The second-order valence-electron chi connectivity index (χ2n) is 11.6. The number of hydrogen-bond acceptors (Lipinski definition) is 9. The minimum atomic E-state index is -1.11. The number of primary amides is 1. The van der Waals surface area contributed by atoms with E-state index in [2.05, 4.69) is 39.5 Å². The highest BCUT2D eigenvalue weighted by molar-refractivity contribution is 5.84. The number of carbonyl (C=O) groups excluding carboxylic acids is 1. The van der Waals surface area contributed by atoms with Crippen molar-refractivity contribution in [1.82, 2.24) is 19.5 Å². The molecule has 220 valence electrons. The van der Waals surface area contributed by atoms with Crippen LogP contribution in [0.25, 0.3) is 11.2 Å². The van der Waals surface area contributed by atoms with Crippen LogP contribution in [0.5, 0.6) is 0 Å². The average molecular weight is 571 g/mol. The van der Waals surface area contributed by atoms with Gasteiger partial charge in [-0.05, 0) is 24.0 Å². The molecule has 1 saturated heterocycles. The zero-order chi connectivity index (χ0) is 29.4. The molecule has 1 saturated carbocycles. The first-order chi connectivity index (χ1) is 20.3. The molecular formula is C31H38N8O3. The molecule has 6 rings (SSSR count). The summed E-state index contributed by atoms with van der Waals surface area (Å²) in [5.41, 5.74) is 15.2. The topological polar surface area (TPSA) is 168 Å². The van der Waals surface area contributed by atoms with Gasteiger partial charge in [-0.15, -0.1) is 0 Å². The fourth-order valence-electron chi connectivity index (χ4n) is 6.41. The molecule has 1 aliphatic carbocycles. The van der Waals surface area contributed by atoms with Crippen molar-refractivity contribution in [3.05, 3.63) is 78.1 Å². The molecule has 2 aliphatic rings. The van der Waals surface area contributed by atoms with Gasteiger partial charge >= 0.3 is 0 Å². The van der Waals surface area contributed by atoms with Gasteiger partial charge in [-0.25, -0.2) is 4.98 Å². The molecule has 42 heavy (non-hydrogen) atoms. The van der Waals surface area contributed by atoms with Gasteiger partial charge in [0.05, 0.1) is 18.5 Å². The lowest BCUT2D eigenvalue weighted by atomic mass is 9.90. The summed E-state index contributed by atoms with van der Waals surface area (Å²) in [4.78, 5) is 28.5. The molecule has 7 N–H and O–H groups in total. The normalized spacial score (nSPS) is 24.9. The fourth-order valence-corrected chi connectivity index (χ4v) is 6.41. The summed E-state index contributed by atoms with van der Waals surface area (Å²) in [7, 11) is 0. The van der Waals surface area contributed by atoms with Gasteiger partial charge in [-0.1, -0.05) is 67.6 Å². The van der Waals surface area contributed by atoms with Crippen molar-refractivity contribution in [1.29, 1.82) is 0 Å². The number of rotatable bonds is 9. The number of amides is 1. The number of nitrogens with zero attached hydrogens (tertiary/aromatic N) is 5. The van der Waals surface area contributed by atoms with Gasteiger partial charge in [0.1, 0.15) is 6.10 Å². The van der Waals surface area contributed by atoms with E-state index in [0.717, 1.165) is 13.0 Å². The largest absolute Gasteiger partial charge is 0.390 e. The molecule has 0 radical (unpaired) electrons. The zero-order valence-corrected chi connectivity index (χ0v) is 23.6. The lowest BCUT2D eigenvalue weighted by Crippen LogP contribution is -2.35. The minimum Gasteiger partial charge on any atom is -0.390 e. The fraction of sp³-hybridized carbons (Fsp3) is 0.419. The summed E-state index contributed by atoms with van der Waals surface area (Å²) in [5, 5.41) is 25.5. The van der Waals surface area contributed by atoms with Crippen molar-refractivity contribution < 1.29 is 15.0 Å². The smallest absolute Gasteiger partial charge is 0.229 e. The van der Waals surface area contributed by atoms with Crippen LogP contribution in [0.4, 0.5) is 11.8 Å².